The monoisotopic (exact) mass is 426 g/mol. The smallest absolute Gasteiger partial charge is 0.203 e. The molecule has 0 amide bonds. The molecule has 0 saturated carbocycles. The predicted molar refractivity (Wildman–Crippen MR) is 95.2 cm³/mol. The quantitative estimate of drug-likeness (QED) is 0.513. The lowest BCUT2D eigenvalue weighted by molar-refractivity contribution is -0.00000410. The standard InChI is InChI=1S/C16H11Cl2N3S.BrH/c17-13-7-4-8-14(18)12(13)9-19-21-16-20-15(10-22-16)11-5-2-1-3-6-11;/h1-10H,(H,20,21);1H/p-1/b19-9+;. The van der Waals surface area contributed by atoms with E-state index in [1.165, 1.54) is 11.3 Å². The van der Waals surface area contributed by atoms with Crippen LogP contribution >= 0.6 is 34.5 Å². The highest BCUT2D eigenvalue weighted by molar-refractivity contribution is 7.14. The fourth-order valence-electron chi connectivity index (χ4n) is 1.85. The molecule has 0 aliphatic heterocycles. The minimum atomic E-state index is 0. The van der Waals surface area contributed by atoms with Crippen LogP contribution in [0.1, 0.15) is 5.56 Å². The molecule has 0 spiro atoms. The molecule has 0 saturated heterocycles. The summed E-state index contributed by atoms with van der Waals surface area (Å²) < 4.78 is 0. The summed E-state index contributed by atoms with van der Waals surface area (Å²) >= 11 is 13.6. The molecule has 2 aromatic carbocycles. The first-order valence-electron chi connectivity index (χ1n) is 6.48. The van der Waals surface area contributed by atoms with Crippen LogP contribution in [0.2, 0.25) is 10.0 Å². The van der Waals surface area contributed by atoms with Crippen LogP contribution < -0.4 is 22.4 Å². The summed E-state index contributed by atoms with van der Waals surface area (Å²) in [6, 6.07) is 15.3. The van der Waals surface area contributed by atoms with Crippen LogP contribution in [0.5, 0.6) is 0 Å². The first-order chi connectivity index (χ1) is 10.7. The van der Waals surface area contributed by atoms with E-state index in [0.29, 0.717) is 20.7 Å². The molecule has 23 heavy (non-hydrogen) atoms. The molecule has 0 unspecified atom stereocenters. The van der Waals surface area contributed by atoms with Crippen molar-refractivity contribution in [3.63, 3.8) is 0 Å². The number of nitrogens with one attached hydrogen (secondary N) is 1. The first kappa shape index (κ1) is 17.9. The summed E-state index contributed by atoms with van der Waals surface area (Å²) in [6.07, 6.45) is 1.59. The van der Waals surface area contributed by atoms with Crippen molar-refractivity contribution in [1.29, 1.82) is 0 Å². The molecule has 118 valence electrons. The van der Waals surface area contributed by atoms with Crippen LogP contribution in [0.25, 0.3) is 11.3 Å². The van der Waals surface area contributed by atoms with Crippen molar-refractivity contribution in [2.75, 3.05) is 5.43 Å². The normalized spacial score (nSPS) is 10.5. The maximum atomic E-state index is 6.08. The van der Waals surface area contributed by atoms with Gasteiger partial charge in [-0.2, -0.15) is 5.10 Å². The van der Waals surface area contributed by atoms with E-state index in [4.69, 9.17) is 23.2 Å². The van der Waals surface area contributed by atoms with Crippen LogP contribution in [0, 0.1) is 0 Å². The van der Waals surface area contributed by atoms with Crippen molar-refractivity contribution < 1.29 is 17.0 Å². The van der Waals surface area contributed by atoms with Crippen LogP contribution in [0.15, 0.2) is 59.0 Å². The number of hydrogen-bond acceptors (Lipinski definition) is 4. The summed E-state index contributed by atoms with van der Waals surface area (Å²) in [7, 11) is 0. The van der Waals surface area contributed by atoms with Gasteiger partial charge in [0.2, 0.25) is 5.13 Å². The van der Waals surface area contributed by atoms with Crippen molar-refractivity contribution in [2.24, 2.45) is 5.10 Å². The van der Waals surface area contributed by atoms with E-state index in [9.17, 15) is 0 Å². The Hall–Kier alpha value is -1.40. The van der Waals surface area contributed by atoms with Crippen molar-refractivity contribution in [2.45, 2.75) is 0 Å². The SMILES string of the molecule is Clc1cccc(Cl)c1/C=N/Nc1nc(-c2ccccc2)cs1.[Br-]. The molecule has 1 N–H and O–H groups in total. The maximum absolute atomic E-state index is 6.08. The van der Waals surface area contributed by atoms with Gasteiger partial charge in [0.05, 0.1) is 22.0 Å². The number of thiazole rings is 1. The summed E-state index contributed by atoms with van der Waals surface area (Å²) in [5.74, 6) is 0. The fourth-order valence-corrected chi connectivity index (χ4v) is 3.02. The number of hydrazone groups is 1. The fraction of sp³-hybridized carbons (Fsp3) is 0. The van der Waals surface area contributed by atoms with Gasteiger partial charge in [0, 0.05) is 16.5 Å². The molecule has 7 heteroatoms. The number of benzene rings is 2. The molecule has 3 nitrogen and oxygen atoms in total. The minimum absolute atomic E-state index is 0. The van der Waals surface area contributed by atoms with Gasteiger partial charge in [0.25, 0.3) is 0 Å². The summed E-state index contributed by atoms with van der Waals surface area (Å²) in [6.45, 7) is 0. The molecule has 3 aromatic rings. The number of halogens is 3. The molecule has 0 aliphatic carbocycles. The predicted octanol–water partition coefficient (Wildman–Crippen LogP) is 2.57. The van der Waals surface area contributed by atoms with Gasteiger partial charge in [-0.15, -0.1) is 11.3 Å². The average molecular weight is 428 g/mol. The highest BCUT2D eigenvalue weighted by atomic mass is 79.9. The van der Waals surface area contributed by atoms with E-state index in [2.05, 4.69) is 15.5 Å². The zero-order valence-corrected chi connectivity index (χ0v) is 15.6. The van der Waals surface area contributed by atoms with Crippen molar-refractivity contribution >= 4 is 45.9 Å². The second-order valence-electron chi connectivity index (χ2n) is 4.41. The van der Waals surface area contributed by atoms with E-state index < -0.39 is 0 Å². The minimum Gasteiger partial charge on any atom is -1.00 e. The lowest BCUT2D eigenvalue weighted by Gasteiger charge is -2.00. The summed E-state index contributed by atoms with van der Waals surface area (Å²) in [4.78, 5) is 4.48. The van der Waals surface area contributed by atoms with Crippen LogP contribution in [0.4, 0.5) is 5.13 Å². The second kappa shape index (κ2) is 8.45. The Balaban J connectivity index is 0.00000192. The molecular weight excluding hydrogens is 417 g/mol. The highest BCUT2D eigenvalue weighted by Gasteiger charge is 2.04. The third kappa shape index (κ3) is 4.54. The molecule has 1 aromatic heterocycles. The van der Waals surface area contributed by atoms with E-state index in [1.54, 1.807) is 24.4 Å². The van der Waals surface area contributed by atoms with Gasteiger partial charge in [0.1, 0.15) is 0 Å². The molecule has 0 bridgehead atoms. The Kier molecular flexibility index (Phi) is 6.59. The Morgan fingerprint density at radius 2 is 1.70 bits per heavy atom. The summed E-state index contributed by atoms with van der Waals surface area (Å²) in [5.41, 5.74) is 5.57. The van der Waals surface area contributed by atoms with Gasteiger partial charge in [-0.05, 0) is 12.1 Å². The molecule has 0 fully saturated rings. The molecule has 1 heterocycles. The van der Waals surface area contributed by atoms with E-state index in [0.717, 1.165) is 11.3 Å². The van der Waals surface area contributed by atoms with Gasteiger partial charge in [-0.1, -0.05) is 59.6 Å². The number of nitrogens with zero attached hydrogens (tertiary/aromatic N) is 2. The molecule has 0 radical (unpaired) electrons. The van der Waals surface area contributed by atoms with Crippen molar-refractivity contribution in [3.05, 3.63) is 69.5 Å². The number of anilines is 1. The van der Waals surface area contributed by atoms with Gasteiger partial charge >= 0.3 is 0 Å². The van der Waals surface area contributed by atoms with E-state index in [1.807, 2.05) is 35.7 Å². The van der Waals surface area contributed by atoms with Crippen LogP contribution in [0.3, 0.4) is 0 Å². The maximum Gasteiger partial charge on any atom is 0.203 e. The first-order valence-corrected chi connectivity index (χ1v) is 8.11. The number of aromatic nitrogens is 1. The number of hydrogen-bond donors (Lipinski definition) is 1. The topological polar surface area (TPSA) is 37.3 Å². The molecular formula is C16H11BrCl2N3S-. The Morgan fingerprint density at radius 1 is 1.00 bits per heavy atom. The second-order valence-corrected chi connectivity index (χ2v) is 6.08. The lowest BCUT2D eigenvalue weighted by atomic mass is 10.2. The highest BCUT2D eigenvalue weighted by Crippen LogP contribution is 2.25. The Morgan fingerprint density at radius 3 is 2.39 bits per heavy atom. The summed E-state index contributed by atoms with van der Waals surface area (Å²) in [5, 5.41) is 7.95. The Labute approximate surface area is 158 Å². The van der Waals surface area contributed by atoms with Gasteiger partial charge < -0.3 is 17.0 Å². The van der Waals surface area contributed by atoms with E-state index >= 15 is 0 Å². The molecule has 0 atom stereocenters. The van der Waals surface area contributed by atoms with Crippen molar-refractivity contribution in [1.82, 2.24) is 4.98 Å². The van der Waals surface area contributed by atoms with Gasteiger partial charge in [-0.3, -0.25) is 5.43 Å². The third-order valence-electron chi connectivity index (χ3n) is 2.93. The molecule has 0 aliphatic rings. The largest absolute Gasteiger partial charge is 1.00 e. The van der Waals surface area contributed by atoms with Gasteiger partial charge in [0.15, 0.2) is 0 Å². The average Bonchev–Trinajstić information content (AvgIpc) is 3.00. The molecule has 3 rings (SSSR count). The lowest BCUT2D eigenvalue weighted by Crippen LogP contribution is -3.00. The van der Waals surface area contributed by atoms with E-state index in [-0.39, 0.29) is 17.0 Å². The Bertz CT molecular complexity index is 786. The van der Waals surface area contributed by atoms with Crippen molar-refractivity contribution in [3.8, 4) is 11.3 Å². The van der Waals surface area contributed by atoms with Crippen LogP contribution in [-0.4, -0.2) is 11.2 Å². The number of rotatable bonds is 4. The zero-order valence-electron chi connectivity index (χ0n) is 11.7. The zero-order chi connectivity index (χ0) is 15.4. The van der Waals surface area contributed by atoms with Gasteiger partial charge in [-0.25, -0.2) is 4.98 Å². The third-order valence-corrected chi connectivity index (χ3v) is 4.33. The van der Waals surface area contributed by atoms with Crippen LogP contribution in [-0.2, 0) is 0 Å².